The number of benzene rings is 2. The molecular formula is C24H25NO4S. The molecule has 0 atom stereocenters. The lowest BCUT2D eigenvalue weighted by molar-refractivity contribution is 0.0526. The fourth-order valence-electron chi connectivity index (χ4n) is 3.65. The van der Waals surface area contributed by atoms with Crippen LogP contribution in [0.25, 0.3) is 21.8 Å². The van der Waals surface area contributed by atoms with E-state index in [0.29, 0.717) is 12.2 Å². The standard InChI is InChI=1S/C24H25NO4S/c1-3-28-24(26)18-8-6-7-16(13-18)20-15-30-23(25-20)17-11-12-21(27-2)22(14-17)29-19-9-4-5-10-19/h6-8,11-15,19H,3-5,9-10H2,1-2H3. The maximum Gasteiger partial charge on any atom is 0.338 e. The van der Waals surface area contributed by atoms with Gasteiger partial charge in [0.1, 0.15) is 5.01 Å². The predicted octanol–water partition coefficient (Wildman–Crippen LogP) is 5.98. The second-order valence-corrected chi connectivity index (χ2v) is 8.09. The minimum atomic E-state index is -0.321. The molecule has 30 heavy (non-hydrogen) atoms. The molecule has 156 valence electrons. The first-order valence-electron chi connectivity index (χ1n) is 10.3. The van der Waals surface area contributed by atoms with Crippen molar-refractivity contribution < 1.29 is 19.0 Å². The molecule has 0 radical (unpaired) electrons. The fraction of sp³-hybridized carbons (Fsp3) is 0.333. The first kappa shape index (κ1) is 20.4. The molecule has 6 heteroatoms. The summed E-state index contributed by atoms with van der Waals surface area (Å²) in [4.78, 5) is 16.8. The smallest absolute Gasteiger partial charge is 0.338 e. The maximum atomic E-state index is 12.0. The Kier molecular flexibility index (Phi) is 6.33. The summed E-state index contributed by atoms with van der Waals surface area (Å²) in [7, 11) is 1.66. The highest BCUT2D eigenvalue weighted by Gasteiger charge is 2.19. The van der Waals surface area contributed by atoms with Gasteiger partial charge >= 0.3 is 5.97 Å². The third-order valence-corrected chi connectivity index (χ3v) is 6.07. The number of carbonyl (C=O) groups excluding carboxylic acids is 1. The molecule has 1 fully saturated rings. The van der Waals surface area contributed by atoms with Gasteiger partial charge in [0, 0.05) is 16.5 Å². The molecule has 1 aliphatic rings. The van der Waals surface area contributed by atoms with Crippen LogP contribution in [0.2, 0.25) is 0 Å². The number of esters is 1. The maximum absolute atomic E-state index is 12.0. The number of hydrogen-bond donors (Lipinski definition) is 0. The van der Waals surface area contributed by atoms with Crippen molar-refractivity contribution in [2.24, 2.45) is 0 Å². The summed E-state index contributed by atoms with van der Waals surface area (Å²) in [6.45, 7) is 2.15. The van der Waals surface area contributed by atoms with Crippen molar-refractivity contribution in [1.82, 2.24) is 4.98 Å². The fourth-order valence-corrected chi connectivity index (χ4v) is 4.47. The summed E-state index contributed by atoms with van der Waals surface area (Å²) in [6, 6.07) is 13.3. The van der Waals surface area contributed by atoms with E-state index in [-0.39, 0.29) is 12.1 Å². The number of ether oxygens (including phenoxy) is 3. The number of aromatic nitrogens is 1. The van der Waals surface area contributed by atoms with E-state index in [1.54, 1.807) is 31.4 Å². The monoisotopic (exact) mass is 423 g/mol. The molecule has 0 spiro atoms. The van der Waals surface area contributed by atoms with Crippen LogP contribution in [0.1, 0.15) is 43.0 Å². The lowest BCUT2D eigenvalue weighted by atomic mass is 10.1. The summed E-state index contributed by atoms with van der Waals surface area (Å²) in [5.74, 6) is 1.19. The van der Waals surface area contributed by atoms with Crippen molar-refractivity contribution in [3.8, 4) is 33.3 Å². The Bertz CT molecular complexity index is 1020. The average Bonchev–Trinajstić information content (AvgIpc) is 3.46. The molecule has 1 aliphatic carbocycles. The van der Waals surface area contributed by atoms with Gasteiger partial charge in [0.2, 0.25) is 0 Å². The van der Waals surface area contributed by atoms with Gasteiger partial charge in [0.25, 0.3) is 0 Å². The molecule has 2 aromatic carbocycles. The molecule has 5 nitrogen and oxygen atoms in total. The van der Waals surface area contributed by atoms with Crippen LogP contribution in [0.3, 0.4) is 0 Å². The number of nitrogens with zero attached hydrogens (tertiary/aromatic N) is 1. The zero-order chi connectivity index (χ0) is 20.9. The number of hydrogen-bond acceptors (Lipinski definition) is 6. The first-order chi connectivity index (χ1) is 14.7. The molecule has 0 N–H and O–H groups in total. The summed E-state index contributed by atoms with van der Waals surface area (Å²) >= 11 is 1.56. The highest BCUT2D eigenvalue weighted by atomic mass is 32.1. The Morgan fingerprint density at radius 1 is 1.10 bits per heavy atom. The molecule has 1 heterocycles. The van der Waals surface area contributed by atoms with E-state index in [0.717, 1.165) is 46.2 Å². The number of thiazole rings is 1. The van der Waals surface area contributed by atoms with E-state index >= 15 is 0 Å². The molecule has 3 aromatic rings. The Hall–Kier alpha value is -2.86. The van der Waals surface area contributed by atoms with Gasteiger partial charge in [0.15, 0.2) is 11.5 Å². The summed E-state index contributed by atoms with van der Waals surface area (Å²) in [5.41, 5.74) is 3.23. The van der Waals surface area contributed by atoms with Gasteiger partial charge in [-0.2, -0.15) is 0 Å². The van der Waals surface area contributed by atoms with Crippen LogP contribution < -0.4 is 9.47 Å². The van der Waals surface area contributed by atoms with Crippen LogP contribution in [-0.4, -0.2) is 30.8 Å². The van der Waals surface area contributed by atoms with Crippen molar-refractivity contribution in [1.29, 1.82) is 0 Å². The van der Waals surface area contributed by atoms with Gasteiger partial charge in [-0.1, -0.05) is 12.1 Å². The topological polar surface area (TPSA) is 57.7 Å². The molecule has 0 aliphatic heterocycles. The number of carbonyl (C=O) groups is 1. The largest absolute Gasteiger partial charge is 0.493 e. The third kappa shape index (κ3) is 4.49. The quantitative estimate of drug-likeness (QED) is 0.437. The number of rotatable bonds is 7. The molecule has 0 unspecified atom stereocenters. The molecule has 1 saturated carbocycles. The van der Waals surface area contributed by atoms with Gasteiger partial charge in [-0.3, -0.25) is 0 Å². The van der Waals surface area contributed by atoms with Crippen molar-refractivity contribution >= 4 is 17.3 Å². The third-order valence-electron chi connectivity index (χ3n) is 5.18. The second-order valence-electron chi connectivity index (χ2n) is 7.23. The van der Waals surface area contributed by atoms with Gasteiger partial charge in [-0.15, -0.1) is 11.3 Å². The summed E-state index contributed by atoms with van der Waals surface area (Å²) in [5, 5.41) is 2.90. The van der Waals surface area contributed by atoms with Crippen LogP contribution >= 0.6 is 11.3 Å². The minimum Gasteiger partial charge on any atom is -0.493 e. The van der Waals surface area contributed by atoms with Crippen molar-refractivity contribution in [3.63, 3.8) is 0 Å². The number of methoxy groups -OCH3 is 1. The second kappa shape index (κ2) is 9.30. The van der Waals surface area contributed by atoms with Crippen molar-refractivity contribution in [2.75, 3.05) is 13.7 Å². The van der Waals surface area contributed by atoms with Crippen molar-refractivity contribution in [2.45, 2.75) is 38.7 Å². The van der Waals surface area contributed by atoms with Crippen LogP contribution in [-0.2, 0) is 4.74 Å². The Morgan fingerprint density at radius 2 is 1.93 bits per heavy atom. The molecular weight excluding hydrogens is 398 g/mol. The minimum absolute atomic E-state index is 0.256. The molecule has 1 aromatic heterocycles. The van der Waals surface area contributed by atoms with E-state index < -0.39 is 0 Å². The lowest BCUT2D eigenvalue weighted by Crippen LogP contribution is -2.11. The molecule has 4 rings (SSSR count). The predicted molar refractivity (Wildman–Crippen MR) is 118 cm³/mol. The Balaban J connectivity index is 1.59. The zero-order valence-electron chi connectivity index (χ0n) is 17.2. The van der Waals surface area contributed by atoms with Crippen LogP contribution in [0.5, 0.6) is 11.5 Å². The average molecular weight is 424 g/mol. The first-order valence-corrected chi connectivity index (χ1v) is 11.1. The van der Waals surface area contributed by atoms with E-state index in [1.807, 2.05) is 41.8 Å². The normalized spacial score (nSPS) is 13.9. The van der Waals surface area contributed by atoms with Crippen LogP contribution in [0, 0.1) is 0 Å². The zero-order valence-corrected chi connectivity index (χ0v) is 18.0. The molecule has 0 bridgehead atoms. The van der Waals surface area contributed by atoms with E-state index in [1.165, 1.54) is 12.8 Å². The lowest BCUT2D eigenvalue weighted by Gasteiger charge is -2.16. The van der Waals surface area contributed by atoms with Gasteiger partial charge in [-0.25, -0.2) is 9.78 Å². The summed E-state index contributed by atoms with van der Waals surface area (Å²) in [6.07, 6.45) is 4.87. The van der Waals surface area contributed by atoms with E-state index in [4.69, 9.17) is 19.2 Å². The SMILES string of the molecule is CCOC(=O)c1cccc(-c2csc(-c3ccc(OC)c(OC4CCCC4)c3)n2)c1. The van der Waals surface area contributed by atoms with Gasteiger partial charge in [-0.05, 0) is 62.9 Å². The highest BCUT2D eigenvalue weighted by Crippen LogP contribution is 2.37. The van der Waals surface area contributed by atoms with Gasteiger partial charge < -0.3 is 14.2 Å². The van der Waals surface area contributed by atoms with Gasteiger partial charge in [0.05, 0.1) is 31.1 Å². The Morgan fingerprint density at radius 3 is 2.70 bits per heavy atom. The van der Waals surface area contributed by atoms with Crippen molar-refractivity contribution in [3.05, 3.63) is 53.4 Å². The van der Waals surface area contributed by atoms with E-state index in [2.05, 4.69) is 0 Å². The molecule has 0 saturated heterocycles. The summed E-state index contributed by atoms with van der Waals surface area (Å²) < 4.78 is 16.8. The van der Waals surface area contributed by atoms with Crippen LogP contribution in [0.15, 0.2) is 47.8 Å². The van der Waals surface area contributed by atoms with Crippen LogP contribution in [0.4, 0.5) is 0 Å². The Labute approximate surface area is 180 Å². The molecule has 0 amide bonds. The highest BCUT2D eigenvalue weighted by molar-refractivity contribution is 7.13. The van der Waals surface area contributed by atoms with E-state index in [9.17, 15) is 4.79 Å².